The molecule has 0 saturated heterocycles. The summed E-state index contributed by atoms with van der Waals surface area (Å²) in [7, 11) is 1.57. The SMILES string of the molecule is COc1ccc(N(/C=C\[C@@H](c2ccccc2)[C@@H](C[N+](=O)[O-])c2ccccc2)C(=O)OC(C)(C)C)cc1. The Balaban J connectivity index is 2.08. The van der Waals surface area contributed by atoms with E-state index in [1.54, 1.807) is 58.3 Å². The van der Waals surface area contributed by atoms with Crippen LogP contribution in [0.15, 0.2) is 97.2 Å². The first kappa shape index (κ1) is 26.5. The van der Waals surface area contributed by atoms with E-state index in [1.807, 2.05) is 66.7 Å². The molecule has 0 N–H and O–H groups in total. The second-order valence-electron chi connectivity index (χ2n) is 9.36. The summed E-state index contributed by atoms with van der Waals surface area (Å²) in [5, 5.41) is 11.7. The molecule has 0 aliphatic carbocycles. The van der Waals surface area contributed by atoms with Crippen LogP contribution in [0.4, 0.5) is 10.5 Å². The zero-order valence-corrected chi connectivity index (χ0v) is 21.0. The predicted molar refractivity (Wildman–Crippen MR) is 141 cm³/mol. The largest absolute Gasteiger partial charge is 0.497 e. The lowest BCUT2D eigenvalue weighted by molar-refractivity contribution is -0.483. The molecule has 3 aromatic carbocycles. The Morgan fingerprint density at radius 2 is 1.50 bits per heavy atom. The molecular weight excluding hydrogens is 456 g/mol. The Labute approximate surface area is 212 Å². The van der Waals surface area contributed by atoms with Gasteiger partial charge in [0, 0.05) is 17.0 Å². The number of hydrogen-bond acceptors (Lipinski definition) is 5. The standard InChI is InChI=1S/C29H32N2O5/c1-29(2,3)36-28(32)30(24-15-17-25(35-4)18-16-24)20-19-26(22-11-7-5-8-12-22)27(21-31(33)34)23-13-9-6-10-14-23/h5-20,26-27H,21H2,1-4H3/b20-19-/t26-,27-/m0/s1. The van der Waals surface area contributed by atoms with E-state index in [2.05, 4.69) is 0 Å². The maximum atomic E-state index is 13.2. The Morgan fingerprint density at radius 1 is 0.944 bits per heavy atom. The fourth-order valence-electron chi connectivity index (χ4n) is 3.92. The summed E-state index contributed by atoms with van der Waals surface area (Å²) >= 11 is 0. The van der Waals surface area contributed by atoms with Gasteiger partial charge in [-0.25, -0.2) is 4.79 Å². The molecule has 0 fully saturated rings. The van der Waals surface area contributed by atoms with Crippen molar-refractivity contribution in [1.29, 1.82) is 0 Å². The highest BCUT2D eigenvalue weighted by Crippen LogP contribution is 2.35. The second-order valence-corrected chi connectivity index (χ2v) is 9.36. The van der Waals surface area contributed by atoms with Crippen LogP contribution in [-0.4, -0.2) is 30.3 Å². The molecule has 7 heteroatoms. The van der Waals surface area contributed by atoms with E-state index >= 15 is 0 Å². The van der Waals surface area contributed by atoms with Gasteiger partial charge in [-0.05, 0) is 56.2 Å². The van der Waals surface area contributed by atoms with Gasteiger partial charge in [0.2, 0.25) is 6.54 Å². The number of anilines is 1. The van der Waals surface area contributed by atoms with Crippen molar-refractivity contribution in [3.05, 3.63) is 118 Å². The molecule has 0 unspecified atom stereocenters. The van der Waals surface area contributed by atoms with Crippen LogP contribution in [0.25, 0.3) is 0 Å². The van der Waals surface area contributed by atoms with Crippen molar-refractivity contribution in [2.75, 3.05) is 18.6 Å². The molecule has 0 radical (unpaired) electrons. The predicted octanol–water partition coefficient (Wildman–Crippen LogP) is 6.79. The third kappa shape index (κ3) is 7.43. The maximum Gasteiger partial charge on any atom is 0.418 e. The van der Waals surface area contributed by atoms with Crippen LogP contribution in [0.5, 0.6) is 5.75 Å². The molecule has 0 bridgehead atoms. The summed E-state index contributed by atoms with van der Waals surface area (Å²) < 4.78 is 10.9. The number of rotatable bonds is 9. The van der Waals surface area contributed by atoms with Crippen LogP contribution in [0.3, 0.4) is 0 Å². The van der Waals surface area contributed by atoms with Gasteiger partial charge in [0.15, 0.2) is 0 Å². The van der Waals surface area contributed by atoms with Crippen molar-refractivity contribution in [2.45, 2.75) is 38.2 Å². The maximum absolute atomic E-state index is 13.2. The number of benzene rings is 3. The highest BCUT2D eigenvalue weighted by molar-refractivity contribution is 5.90. The summed E-state index contributed by atoms with van der Waals surface area (Å²) in [5.41, 5.74) is 1.63. The molecule has 0 saturated carbocycles. The van der Waals surface area contributed by atoms with Crippen molar-refractivity contribution in [3.63, 3.8) is 0 Å². The third-order valence-electron chi connectivity index (χ3n) is 5.57. The lowest BCUT2D eigenvalue weighted by Gasteiger charge is -2.27. The van der Waals surface area contributed by atoms with Crippen LogP contribution in [-0.2, 0) is 4.74 Å². The summed E-state index contributed by atoms with van der Waals surface area (Å²) in [6.07, 6.45) is 2.93. The summed E-state index contributed by atoms with van der Waals surface area (Å²) in [5.74, 6) is -0.164. The van der Waals surface area contributed by atoms with Gasteiger partial charge in [-0.15, -0.1) is 0 Å². The van der Waals surface area contributed by atoms with Gasteiger partial charge in [0.05, 0.1) is 18.7 Å². The fraction of sp³-hybridized carbons (Fsp3) is 0.276. The number of ether oxygens (including phenoxy) is 2. The molecule has 0 spiro atoms. The molecular formula is C29H32N2O5. The van der Waals surface area contributed by atoms with Gasteiger partial charge in [0.1, 0.15) is 11.4 Å². The average molecular weight is 489 g/mol. The number of carbonyl (C=O) groups excluding carboxylic acids is 1. The van der Waals surface area contributed by atoms with Crippen LogP contribution in [0.1, 0.15) is 43.7 Å². The van der Waals surface area contributed by atoms with Gasteiger partial charge in [-0.1, -0.05) is 66.7 Å². The zero-order valence-electron chi connectivity index (χ0n) is 21.0. The Hall–Kier alpha value is -4.13. The lowest BCUT2D eigenvalue weighted by atomic mass is 9.81. The number of hydrogen-bond donors (Lipinski definition) is 0. The third-order valence-corrected chi connectivity index (χ3v) is 5.57. The van der Waals surface area contributed by atoms with Crippen molar-refractivity contribution in [3.8, 4) is 5.75 Å². The van der Waals surface area contributed by atoms with Crippen LogP contribution < -0.4 is 9.64 Å². The first-order chi connectivity index (χ1) is 17.2. The minimum atomic E-state index is -0.702. The van der Waals surface area contributed by atoms with Gasteiger partial charge in [-0.3, -0.25) is 15.0 Å². The summed E-state index contributed by atoms with van der Waals surface area (Å²) in [4.78, 5) is 26.0. The molecule has 3 rings (SSSR count). The molecule has 7 nitrogen and oxygen atoms in total. The van der Waals surface area contributed by atoms with Crippen molar-refractivity contribution < 1.29 is 19.2 Å². The fourth-order valence-corrected chi connectivity index (χ4v) is 3.92. The van der Waals surface area contributed by atoms with Crippen LogP contribution >= 0.6 is 0 Å². The van der Waals surface area contributed by atoms with E-state index in [9.17, 15) is 14.9 Å². The first-order valence-corrected chi connectivity index (χ1v) is 11.7. The molecule has 0 heterocycles. The molecule has 36 heavy (non-hydrogen) atoms. The van der Waals surface area contributed by atoms with Crippen molar-refractivity contribution >= 4 is 11.8 Å². The van der Waals surface area contributed by atoms with E-state index in [0.717, 1.165) is 11.1 Å². The normalized spacial score (nSPS) is 13.1. The molecule has 1 amide bonds. The highest BCUT2D eigenvalue weighted by Gasteiger charge is 2.29. The van der Waals surface area contributed by atoms with Crippen LogP contribution in [0, 0.1) is 10.1 Å². The first-order valence-electron chi connectivity index (χ1n) is 11.7. The molecule has 0 aliphatic heterocycles. The van der Waals surface area contributed by atoms with Crippen molar-refractivity contribution in [1.82, 2.24) is 0 Å². The summed E-state index contributed by atoms with van der Waals surface area (Å²) in [6, 6.07) is 26.0. The Morgan fingerprint density at radius 3 is 2.00 bits per heavy atom. The van der Waals surface area contributed by atoms with E-state index < -0.39 is 17.6 Å². The number of amides is 1. The molecule has 2 atom stereocenters. The van der Waals surface area contributed by atoms with E-state index in [0.29, 0.717) is 11.4 Å². The average Bonchev–Trinajstić information content (AvgIpc) is 2.85. The minimum Gasteiger partial charge on any atom is -0.497 e. The lowest BCUT2D eigenvalue weighted by Crippen LogP contribution is -2.33. The number of nitrogens with zero attached hydrogens (tertiary/aromatic N) is 2. The number of allylic oxidation sites excluding steroid dienone is 1. The molecule has 0 aromatic heterocycles. The van der Waals surface area contributed by atoms with Crippen LogP contribution in [0.2, 0.25) is 0 Å². The Bertz CT molecular complexity index is 1160. The van der Waals surface area contributed by atoms with E-state index in [4.69, 9.17) is 9.47 Å². The second kappa shape index (κ2) is 12.0. The number of carbonyl (C=O) groups is 1. The van der Waals surface area contributed by atoms with E-state index in [-0.39, 0.29) is 17.4 Å². The number of nitro groups is 1. The quantitative estimate of drug-likeness (QED) is 0.244. The van der Waals surface area contributed by atoms with Crippen molar-refractivity contribution in [2.24, 2.45) is 0 Å². The highest BCUT2D eigenvalue weighted by atomic mass is 16.6. The molecule has 3 aromatic rings. The van der Waals surface area contributed by atoms with Gasteiger partial charge < -0.3 is 9.47 Å². The van der Waals surface area contributed by atoms with Gasteiger partial charge in [-0.2, -0.15) is 0 Å². The molecule has 0 aliphatic rings. The molecule has 188 valence electrons. The minimum absolute atomic E-state index is 0.261. The van der Waals surface area contributed by atoms with E-state index in [1.165, 1.54) is 4.90 Å². The zero-order chi connectivity index (χ0) is 26.1. The topological polar surface area (TPSA) is 81.9 Å². The number of methoxy groups -OCH3 is 1. The summed E-state index contributed by atoms with van der Waals surface area (Å²) in [6.45, 7) is 5.14. The van der Waals surface area contributed by atoms with Gasteiger partial charge >= 0.3 is 6.09 Å². The monoisotopic (exact) mass is 488 g/mol. The Kier molecular flexibility index (Phi) is 8.84. The van der Waals surface area contributed by atoms with Gasteiger partial charge in [0.25, 0.3) is 0 Å². The smallest absolute Gasteiger partial charge is 0.418 e.